The van der Waals surface area contributed by atoms with E-state index < -0.39 is 0 Å². The van der Waals surface area contributed by atoms with Crippen LogP contribution < -0.4 is 10.6 Å². The molecule has 0 unspecified atom stereocenters. The van der Waals surface area contributed by atoms with Gasteiger partial charge < -0.3 is 15.5 Å². The van der Waals surface area contributed by atoms with Gasteiger partial charge in [0.2, 0.25) is 5.91 Å². The summed E-state index contributed by atoms with van der Waals surface area (Å²) in [6, 6.07) is 23.3. The fourth-order valence-corrected chi connectivity index (χ4v) is 4.09. The van der Waals surface area contributed by atoms with E-state index in [0.717, 1.165) is 17.1 Å². The Hall–Kier alpha value is -3.60. The zero-order valence-corrected chi connectivity index (χ0v) is 18.6. The third-order valence-corrected chi connectivity index (χ3v) is 6.23. The summed E-state index contributed by atoms with van der Waals surface area (Å²) < 4.78 is 0. The lowest BCUT2D eigenvalue weighted by Gasteiger charge is -2.32. The van der Waals surface area contributed by atoms with Crippen LogP contribution in [0.1, 0.15) is 34.3 Å². The van der Waals surface area contributed by atoms with E-state index in [9.17, 15) is 9.59 Å². The Morgan fingerprint density at radius 3 is 2.22 bits per heavy atom. The maximum Gasteiger partial charge on any atom is 0.255 e. The number of hydrogen-bond acceptors (Lipinski definition) is 3. The van der Waals surface area contributed by atoms with Crippen molar-refractivity contribution in [1.82, 2.24) is 4.90 Å². The molecule has 0 saturated carbocycles. The molecule has 1 aliphatic rings. The molecular weight excluding hydrogens is 398 g/mol. The van der Waals surface area contributed by atoms with Gasteiger partial charge in [0.05, 0.1) is 11.3 Å². The van der Waals surface area contributed by atoms with Gasteiger partial charge in [-0.05, 0) is 68.1 Å². The standard InChI is InChI=1S/C27H29N3O2/c1-19-9-8-14-24(20(19)2)29-25-13-7-6-12-23(25)27(32)30-17-15-21(16-18-30)26(31)28-22-10-4-3-5-11-22/h3-14,21,29H,15-18H2,1-2H3,(H,28,31). The molecule has 3 aromatic carbocycles. The second-order valence-corrected chi connectivity index (χ2v) is 8.34. The summed E-state index contributed by atoms with van der Waals surface area (Å²) in [6.45, 7) is 5.30. The number of hydrogen-bond donors (Lipinski definition) is 2. The molecule has 0 aromatic heterocycles. The topological polar surface area (TPSA) is 61.4 Å². The first-order valence-electron chi connectivity index (χ1n) is 11.1. The van der Waals surface area contributed by atoms with Gasteiger partial charge in [-0.15, -0.1) is 0 Å². The number of piperidine rings is 1. The van der Waals surface area contributed by atoms with Crippen LogP contribution in [-0.4, -0.2) is 29.8 Å². The molecule has 32 heavy (non-hydrogen) atoms. The van der Waals surface area contributed by atoms with Gasteiger partial charge in [0.1, 0.15) is 0 Å². The van der Waals surface area contributed by atoms with Gasteiger partial charge in [0.15, 0.2) is 0 Å². The van der Waals surface area contributed by atoms with E-state index in [-0.39, 0.29) is 17.7 Å². The van der Waals surface area contributed by atoms with Crippen molar-refractivity contribution in [2.75, 3.05) is 23.7 Å². The van der Waals surface area contributed by atoms with Crippen molar-refractivity contribution in [3.8, 4) is 0 Å². The molecule has 0 radical (unpaired) electrons. The summed E-state index contributed by atoms with van der Waals surface area (Å²) in [6.07, 6.45) is 1.33. The molecule has 0 aliphatic carbocycles. The van der Waals surface area contributed by atoms with Crippen molar-refractivity contribution in [2.45, 2.75) is 26.7 Å². The third-order valence-electron chi connectivity index (χ3n) is 6.23. The number of rotatable bonds is 5. The number of carbonyl (C=O) groups excluding carboxylic acids is 2. The maximum absolute atomic E-state index is 13.3. The highest BCUT2D eigenvalue weighted by Crippen LogP contribution is 2.27. The summed E-state index contributed by atoms with van der Waals surface area (Å²) >= 11 is 0. The Bertz CT molecular complexity index is 1100. The van der Waals surface area contributed by atoms with Crippen molar-refractivity contribution in [3.05, 3.63) is 89.5 Å². The highest BCUT2D eigenvalue weighted by molar-refractivity contribution is 6.00. The van der Waals surface area contributed by atoms with Crippen molar-refractivity contribution in [3.63, 3.8) is 0 Å². The molecule has 0 spiro atoms. The molecule has 1 heterocycles. The fourth-order valence-electron chi connectivity index (χ4n) is 4.09. The minimum Gasteiger partial charge on any atom is -0.355 e. The predicted octanol–water partition coefficient (Wildman–Crippen LogP) is 5.54. The number of nitrogens with zero attached hydrogens (tertiary/aromatic N) is 1. The van der Waals surface area contributed by atoms with E-state index in [1.165, 1.54) is 11.1 Å². The van der Waals surface area contributed by atoms with E-state index in [4.69, 9.17) is 0 Å². The molecule has 5 nitrogen and oxygen atoms in total. The molecule has 3 aromatic rings. The molecule has 5 heteroatoms. The second-order valence-electron chi connectivity index (χ2n) is 8.34. The number of carbonyl (C=O) groups is 2. The van der Waals surface area contributed by atoms with Crippen molar-refractivity contribution in [2.24, 2.45) is 5.92 Å². The third kappa shape index (κ3) is 4.83. The number of nitrogens with one attached hydrogen (secondary N) is 2. The summed E-state index contributed by atoms with van der Waals surface area (Å²) in [7, 11) is 0. The van der Waals surface area contributed by atoms with Gasteiger partial charge in [-0.25, -0.2) is 0 Å². The Morgan fingerprint density at radius 2 is 1.47 bits per heavy atom. The Labute approximate surface area is 189 Å². The average Bonchev–Trinajstić information content (AvgIpc) is 2.83. The van der Waals surface area contributed by atoms with Crippen molar-refractivity contribution >= 4 is 28.9 Å². The quantitative estimate of drug-likeness (QED) is 0.562. The molecule has 1 saturated heterocycles. The van der Waals surface area contributed by atoms with Crippen LogP contribution in [0, 0.1) is 19.8 Å². The van der Waals surface area contributed by atoms with Gasteiger partial charge in [0, 0.05) is 30.4 Å². The number of aryl methyl sites for hydroxylation is 1. The maximum atomic E-state index is 13.3. The number of amides is 2. The Morgan fingerprint density at radius 1 is 0.812 bits per heavy atom. The normalized spacial score (nSPS) is 14.1. The summed E-state index contributed by atoms with van der Waals surface area (Å²) in [5.41, 5.74) is 5.63. The van der Waals surface area contributed by atoms with Gasteiger partial charge in [0.25, 0.3) is 5.91 Å². The molecule has 0 bridgehead atoms. The zero-order chi connectivity index (χ0) is 22.5. The lowest BCUT2D eigenvalue weighted by molar-refractivity contribution is -0.121. The van der Waals surface area contributed by atoms with Gasteiger partial charge in [-0.1, -0.05) is 42.5 Å². The van der Waals surface area contributed by atoms with E-state index in [2.05, 4.69) is 30.5 Å². The minimum absolute atomic E-state index is 0.000300. The fraction of sp³-hybridized carbons (Fsp3) is 0.259. The highest BCUT2D eigenvalue weighted by Gasteiger charge is 2.28. The van der Waals surface area contributed by atoms with Gasteiger partial charge in [-0.2, -0.15) is 0 Å². The average molecular weight is 428 g/mol. The Balaban J connectivity index is 1.41. The largest absolute Gasteiger partial charge is 0.355 e. The van der Waals surface area contributed by atoms with Crippen molar-refractivity contribution in [1.29, 1.82) is 0 Å². The molecule has 0 atom stereocenters. The van der Waals surface area contributed by atoms with Crippen LogP contribution in [0.25, 0.3) is 0 Å². The van der Waals surface area contributed by atoms with Crippen LogP contribution in [0.4, 0.5) is 17.1 Å². The molecule has 2 N–H and O–H groups in total. The van der Waals surface area contributed by atoms with Gasteiger partial charge in [-0.3, -0.25) is 9.59 Å². The van der Waals surface area contributed by atoms with Crippen molar-refractivity contribution < 1.29 is 9.59 Å². The van der Waals surface area contributed by atoms with E-state index >= 15 is 0 Å². The molecule has 2 amide bonds. The first-order valence-corrected chi connectivity index (χ1v) is 11.1. The van der Waals surface area contributed by atoms with Crippen LogP contribution in [-0.2, 0) is 4.79 Å². The number of likely N-dealkylation sites (tertiary alicyclic amines) is 1. The monoisotopic (exact) mass is 427 g/mol. The second kappa shape index (κ2) is 9.69. The molecule has 4 rings (SSSR count). The SMILES string of the molecule is Cc1cccc(Nc2ccccc2C(=O)N2CCC(C(=O)Nc3ccccc3)CC2)c1C. The molecular formula is C27H29N3O2. The summed E-state index contributed by atoms with van der Waals surface area (Å²) in [5.74, 6) is -0.0526. The van der Waals surface area contributed by atoms with Crippen LogP contribution in [0.15, 0.2) is 72.8 Å². The minimum atomic E-state index is -0.0810. The predicted molar refractivity (Wildman–Crippen MR) is 129 cm³/mol. The van der Waals surface area contributed by atoms with E-state index in [1.54, 1.807) is 0 Å². The summed E-state index contributed by atoms with van der Waals surface area (Å²) in [4.78, 5) is 27.8. The molecule has 1 fully saturated rings. The highest BCUT2D eigenvalue weighted by atomic mass is 16.2. The first-order chi connectivity index (χ1) is 15.5. The zero-order valence-electron chi connectivity index (χ0n) is 18.6. The van der Waals surface area contributed by atoms with E-state index in [0.29, 0.717) is 31.5 Å². The van der Waals surface area contributed by atoms with Crippen LogP contribution in [0.5, 0.6) is 0 Å². The van der Waals surface area contributed by atoms with E-state index in [1.807, 2.05) is 71.6 Å². The van der Waals surface area contributed by atoms with Gasteiger partial charge >= 0.3 is 0 Å². The Kier molecular flexibility index (Phi) is 6.55. The molecule has 164 valence electrons. The number of para-hydroxylation sites is 2. The number of anilines is 3. The van der Waals surface area contributed by atoms with Crippen LogP contribution >= 0.6 is 0 Å². The lowest BCUT2D eigenvalue weighted by atomic mass is 9.95. The smallest absolute Gasteiger partial charge is 0.255 e. The number of benzene rings is 3. The van der Waals surface area contributed by atoms with Crippen LogP contribution in [0.3, 0.4) is 0 Å². The summed E-state index contributed by atoms with van der Waals surface area (Å²) in [5, 5.41) is 6.43. The van der Waals surface area contributed by atoms with Crippen LogP contribution in [0.2, 0.25) is 0 Å². The molecule has 1 aliphatic heterocycles. The first kappa shape index (κ1) is 21.6. The lowest BCUT2D eigenvalue weighted by Crippen LogP contribution is -2.41.